The Morgan fingerprint density at radius 2 is 1.71 bits per heavy atom. The minimum atomic E-state index is -3.45. The first-order valence-electron chi connectivity index (χ1n) is 19.0. The van der Waals surface area contributed by atoms with Crippen molar-refractivity contribution >= 4 is 70.3 Å². The Morgan fingerprint density at radius 1 is 0.927 bits per heavy atom. The number of nitrogens with one attached hydrogen (secondary N) is 3. The summed E-state index contributed by atoms with van der Waals surface area (Å²) in [5.74, 6) is 0.00357. The van der Waals surface area contributed by atoms with Gasteiger partial charge in [0.25, 0.3) is 5.91 Å². The molecule has 2 saturated heterocycles. The number of pyridine rings is 1. The predicted octanol–water partition coefficient (Wildman–Crippen LogP) is 5.57. The van der Waals surface area contributed by atoms with Crippen LogP contribution in [0.15, 0.2) is 90.1 Å². The highest BCUT2D eigenvalue weighted by atomic mass is 32.2. The lowest BCUT2D eigenvalue weighted by atomic mass is 9.93. The van der Waals surface area contributed by atoms with E-state index in [2.05, 4.69) is 85.5 Å². The summed E-state index contributed by atoms with van der Waals surface area (Å²) in [6, 6.07) is 24.1. The van der Waals surface area contributed by atoms with E-state index in [0.717, 1.165) is 84.9 Å². The van der Waals surface area contributed by atoms with Gasteiger partial charge in [-0.15, -0.1) is 0 Å². The number of sulfonamides is 1. The number of rotatable bonds is 4. The lowest BCUT2D eigenvalue weighted by Crippen LogP contribution is -2.59. The van der Waals surface area contributed by atoms with Crippen molar-refractivity contribution in [1.82, 2.24) is 34.4 Å². The fraction of sp³-hybridized carbons (Fsp3) is 0.333. The van der Waals surface area contributed by atoms with Gasteiger partial charge in [0.15, 0.2) is 5.72 Å². The minimum absolute atomic E-state index is 0.00357. The van der Waals surface area contributed by atoms with Crippen LogP contribution in [0.25, 0.3) is 54.4 Å². The van der Waals surface area contributed by atoms with Gasteiger partial charge in [0.05, 0.1) is 32.5 Å². The molecule has 282 valence electrons. The van der Waals surface area contributed by atoms with Crippen molar-refractivity contribution in [3.05, 3.63) is 96.3 Å². The summed E-state index contributed by atoms with van der Waals surface area (Å²) in [4.78, 5) is 17.7. The Kier molecular flexibility index (Phi) is 8.07. The van der Waals surface area contributed by atoms with Crippen LogP contribution >= 0.6 is 0 Å². The second-order valence-corrected chi connectivity index (χ2v) is 16.9. The van der Waals surface area contributed by atoms with Crippen LogP contribution in [0.4, 0.5) is 0 Å². The van der Waals surface area contributed by atoms with Gasteiger partial charge in [0.2, 0.25) is 10.0 Å². The van der Waals surface area contributed by atoms with Crippen LogP contribution < -0.4 is 16.0 Å². The van der Waals surface area contributed by atoms with Crippen LogP contribution in [0.3, 0.4) is 0 Å². The highest BCUT2D eigenvalue weighted by molar-refractivity contribution is 7.89. The van der Waals surface area contributed by atoms with E-state index in [9.17, 15) is 13.2 Å². The van der Waals surface area contributed by atoms with E-state index in [1.54, 1.807) is 42.0 Å². The molecule has 3 N–H and O–H groups in total. The van der Waals surface area contributed by atoms with Crippen molar-refractivity contribution in [2.75, 3.05) is 40.3 Å². The number of para-hydroxylation sites is 2. The monoisotopic (exact) mass is 757 g/mol. The molecular weight excluding hydrogens is 715 g/mol. The molecule has 0 spiro atoms. The third kappa shape index (κ3) is 4.90. The fourth-order valence-electron chi connectivity index (χ4n) is 9.85. The molecule has 7 aromatic rings. The van der Waals surface area contributed by atoms with Crippen LogP contribution in [-0.4, -0.2) is 85.2 Å². The van der Waals surface area contributed by atoms with Gasteiger partial charge in [-0.3, -0.25) is 9.78 Å². The Balaban J connectivity index is 0.000000159. The molecule has 13 heteroatoms. The molecule has 1 amide bonds. The highest BCUT2D eigenvalue weighted by Gasteiger charge is 2.53. The van der Waals surface area contributed by atoms with Crippen molar-refractivity contribution in [2.24, 2.45) is 0 Å². The Hall–Kier alpha value is -4.89. The summed E-state index contributed by atoms with van der Waals surface area (Å²) in [5, 5.41) is 15.8. The van der Waals surface area contributed by atoms with E-state index in [-0.39, 0.29) is 24.3 Å². The van der Waals surface area contributed by atoms with Crippen molar-refractivity contribution in [3.63, 3.8) is 0 Å². The van der Waals surface area contributed by atoms with Gasteiger partial charge in [0.1, 0.15) is 12.3 Å². The fourth-order valence-corrected chi connectivity index (χ4v) is 11.5. The Morgan fingerprint density at radius 3 is 2.51 bits per heavy atom. The summed E-state index contributed by atoms with van der Waals surface area (Å²) in [6.07, 6.45) is 4.50. The van der Waals surface area contributed by atoms with Gasteiger partial charge in [-0.2, -0.15) is 4.31 Å². The molecule has 2 fully saturated rings. The molecule has 0 unspecified atom stereocenters. The number of ether oxygens (including phenoxy) is 2. The van der Waals surface area contributed by atoms with E-state index < -0.39 is 15.7 Å². The molecule has 4 aromatic carbocycles. The SMILES string of the molecule is CN[C@H]1C[C@@H]2O[C@](C)([C@H]1OC)n1c3ccccc3c3c4c(c5c6ccccc6n2c5c31)C(=O)NC4.O=S(=O)(c1cccc2cnccc12)N1CCCNCC1. The summed E-state index contributed by atoms with van der Waals surface area (Å²) < 4.78 is 45.2. The van der Waals surface area contributed by atoms with Gasteiger partial charge in [-0.25, -0.2) is 8.42 Å². The quantitative estimate of drug-likeness (QED) is 0.213. The molecule has 2 bridgehead atoms. The Labute approximate surface area is 318 Å². The van der Waals surface area contributed by atoms with Gasteiger partial charge >= 0.3 is 0 Å². The van der Waals surface area contributed by atoms with Crippen molar-refractivity contribution in [2.45, 2.75) is 55.3 Å². The van der Waals surface area contributed by atoms with E-state index in [1.165, 1.54) is 0 Å². The minimum Gasteiger partial charge on any atom is -0.375 e. The number of nitrogens with zero attached hydrogens (tertiary/aromatic N) is 4. The molecular formula is C42H43N7O5S. The number of benzene rings is 4. The summed E-state index contributed by atoms with van der Waals surface area (Å²) >= 11 is 0. The number of fused-ring (bicyclic) bond motifs is 14. The molecule has 12 nitrogen and oxygen atoms in total. The first-order valence-corrected chi connectivity index (χ1v) is 20.4. The molecule has 11 rings (SSSR count). The number of hydrogen-bond donors (Lipinski definition) is 3. The lowest BCUT2D eigenvalue weighted by molar-refractivity contribution is -0.256. The van der Waals surface area contributed by atoms with Crippen LogP contribution in [0, 0.1) is 0 Å². The normalized spacial score (nSPS) is 23.9. The standard InChI is InChI=1S/C28H26N4O3.C14H17N3O2S/c1-28-26(34-3)17(29-2)12-20(35-28)31-18-10-6-4-8-14(18)22-23-16(13-30-27(23)33)21-15-9-5-7-11-19(15)32(28)25(21)24(22)31;18-20(19,17-9-2-6-15-8-10-17)14-4-1-3-12-11-16-7-5-13(12)14/h4-11,17,20,26,29H,12-13H2,1-3H3,(H,30,33);1,3-5,7,11,15H,2,6,8-10H2/t17-,20-,26-,28+;/m0./s1. The summed E-state index contributed by atoms with van der Waals surface area (Å²) in [5.41, 5.74) is 5.51. The lowest BCUT2D eigenvalue weighted by Gasteiger charge is -2.48. The number of carbonyl (C=O) groups excluding carboxylic acids is 1. The van der Waals surface area contributed by atoms with Crippen molar-refractivity contribution in [1.29, 1.82) is 0 Å². The first-order chi connectivity index (χ1) is 26.8. The van der Waals surface area contributed by atoms with Crippen LogP contribution in [0.1, 0.15) is 41.9 Å². The number of amides is 1. The molecule has 3 aromatic heterocycles. The molecule has 4 atom stereocenters. The molecule has 0 radical (unpaired) electrons. The largest absolute Gasteiger partial charge is 0.375 e. The van der Waals surface area contributed by atoms with Gasteiger partial charge in [-0.1, -0.05) is 48.5 Å². The zero-order chi connectivity index (χ0) is 37.6. The number of aromatic nitrogens is 3. The molecule has 7 heterocycles. The van der Waals surface area contributed by atoms with Crippen LogP contribution in [0.2, 0.25) is 0 Å². The second-order valence-electron chi connectivity index (χ2n) is 15.0. The molecule has 0 aliphatic carbocycles. The van der Waals surface area contributed by atoms with Crippen molar-refractivity contribution in [3.8, 4) is 0 Å². The third-order valence-electron chi connectivity index (χ3n) is 12.2. The highest BCUT2D eigenvalue weighted by Crippen LogP contribution is 2.53. The number of hydrogen-bond acceptors (Lipinski definition) is 8. The number of methoxy groups -OCH3 is 1. The van der Waals surface area contributed by atoms with Crippen LogP contribution in [0.5, 0.6) is 0 Å². The maximum absolute atomic E-state index is 13.3. The topological polar surface area (TPSA) is 132 Å². The van der Waals surface area contributed by atoms with Gasteiger partial charge in [-0.05, 0) is 56.8 Å². The Bertz CT molecular complexity index is 2800. The average molecular weight is 758 g/mol. The average Bonchev–Trinajstić information content (AvgIpc) is 3.75. The third-order valence-corrected chi connectivity index (χ3v) is 14.1. The molecule has 4 aliphatic rings. The first kappa shape index (κ1) is 34.6. The van der Waals surface area contributed by atoms with Crippen molar-refractivity contribution < 1.29 is 22.7 Å². The summed E-state index contributed by atoms with van der Waals surface area (Å²) in [7, 11) is 0.322. The zero-order valence-electron chi connectivity index (χ0n) is 31.0. The van der Waals surface area contributed by atoms with Gasteiger partial charge < -0.3 is 34.6 Å². The number of likely N-dealkylation sites (N-methyl/N-ethyl adjacent to an activating group) is 1. The van der Waals surface area contributed by atoms with E-state index in [1.807, 2.05) is 13.1 Å². The maximum atomic E-state index is 13.3. The molecule has 0 saturated carbocycles. The van der Waals surface area contributed by atoms with Crippen LogP contribution in [-0.2, 0) is 31.8 Å². The smallest absolute Gasteiger partial charge is 0.252 e. The number of carbonyl (C=O) groups is 1. The van der Waals surface area contributed by atoms with Gasteiger partial charge in [0, 0.05) is 90.5 Å². The maximum Gasteiger partial charge on any atom is 0.252 e. The molecule has 4 aliphatic heterocycles. The van der Waals surface area contributed by atoms with E-state index in [4.69, 9.17) is 9.47 Å². The summed E-state index contributed by atoms with van der Waals surface area (Å²) in [6.45, 7) is 5.33. The second kappa shape index (κ2) is 12.8. The van der Waals surface area contributed by atoms with E-state index >= 15 is 0 Å². The molecule has 55 heavy (non-hydrogen) atoms. The predicted molar refractivity (Wildman–Crippen MR) is 214 cm³/mol. The van der Waals surface area contributed by atoms with E-state index in [0.29, 0.717) is 31.1 Å². The zero-order valence-corrected chi connectivity index (χ0v) is 31.8.